The van der Waals surface area contributed by atoms with Crippen LogP contribution in [0.4, 0.5) is 0 Å². The highest BCUT2D eigenvalue weighted by molar-refractivity contribution is 6.66. The van der Waals surface area contributed by atoms with Gasteiger partial charge in [0.05, 0.1) is 6.61 Å². The maximum Gasteiger partial charge on any atom is 0.245 e. The normalized spacial score (nSPS) is 10.7. The third-order valence-electron chi connectivity index (χ3n) is 2.30. The Morgan fingerprint density at radius 2 is 2.00 bits per heavy atom. The van der Waals surface area contributed by atoms with Crippen LogP contribution in [0.15, 0.2) is 30.3 Å². The zero-order valence-electron chi connectivity index (χ0n) is 9.99. The fourth-order valence-electron chi connectivity index (χ4n) is 1.38. The lowest BCUT2D eigenvalue weighted by atomic mass is 10.2. The van der Waals surface area contributed by atoms with E-state index in [0.717, 1.165) is 24.3 Å². The van der Waals surface area contributed by atoms with Gasteiger partial charge in [-0.15, -0.1) is 0 Å². The number of halogens is 1. The summed E-state index contributed by atoms with van der Waals surface area (Å²) in [7, 11) is 0. The molecule has 0 aromatic heterocycles. The van der Waals surface area contributed by atoms with E-state index in [0.29, 0.717) is 0 Å². The van der Waals surface area contributed by atoms with Crippen molar-refractivity contribution >= 4 is 22.9 Å². The van der Waals surface area contributed by atoms with Gasteiger partial charge in [-0.2, -0.15) is 0 Å². The van der Waals surface area contributed by atoms with E-state index in [-0.39, 0.29) is 0 Å². The van der Waals surface area contributed by atoms with Crippen molar-refractivity contribution in [2.45, 2.75) is 26.2 Å². The largest absolute Gasteiger partial charge is 0.494 e. The van der Waals surface area contributed by atoms with Gasteiger partial charge in [-0.3, -0.25) is 4.79 Å². The van der Waals surface area contributed by atoms with Gasteiger partial charge in [0.15, 0.2) is 0 Å². The molecule has 0 aliphatic heterocycles. The van der Waals surface area contributed by atoms with E-state index in [1.807, 2.05) is 24.3 Å². The first kappa shape index (κ1) is 13.8. The highest BCUT2D eigenvalue weighted by Crippen LogP contribution is 2.14. The van der Waals surface area contributed by atoms with Crippen molar-refractivity contribution in [3.8, 4) is 5.75 Å². The summed E-state index contributed by atoms with van der Waals surface area (Å²) in [5, 5.41) is -0.468. The van der Waals surface area contributed by atoms with Gasteiger partial charge >= 0.3 is 0 Å². The lowest BCUT2D eigenvalue weighted by Crippen LogP contribution is -1.96. The molecule has 0 saturated heterocycles. The van der Waals surface area contributed by atoms with Gasteiger partial charge in [-0.1, -0.05) is 38.0 Å². The minimum absolute atomic E-state index is 0.468. The smallest absolute Gasteiger partial charge is 0.245 e. The predicted molar refractivity (Wildman–Crippen MR) is 71.4 cm³/mol. The first-order valence-corrected chi connectivity index (χ1v) is 6.20. The van der Waals surface area contributed by atoms with Crippen LogP contribution in [0.2, 0.25) is 0 Å². The number of rotatable bonds is 7. The molecule has 0 atom stereocenters. The van der Waals surface area contributed by atoms with Crippen LogP contribution >= 0.6 is 11.6 Å². The fraction of sp³-hybridized carbons (Fsp3) is 0.357. The van der Waals surface area contributed by atoms with E-state index in [4.69, 9.17) is 16.3 Å². The number of hydrogen-bond acceptors (Lipinski definition) is 2. The molecule has 3 heteroatoms. The Morgan fingerprint density at radius 3 is 2.59 bits per heavy atom. The summed E-state index contributed by atoms with van der Waals surface area (Å²) in [5.74, 6) is 0.857. The molecule has 1 aromatic rings. The summed E-state index contributed by atoms with van der Waals surface area (Å²) in [6.07, 6.45) is 6.48. The molecule has 0 aliphatic carbocycles. The van der Waals surface area contributed by atoms with Crippen LogP contribution in [0.25, 0.3) is 6.08 Å². The Kier molecular flexibility index (Phi) is 6.41. The summed E-state index contributed by atoms with van der Waals surface area (Å²) in [6, 6.07) is 7.58. The molecule has 0 bridgehead atoms. The van der Waals surface area contributed by atoms with Crippen LogP contribution in [-0.2, 0) is 4.79 Å². The summed E-state index contributed by atoms with van der Waals surface area (Å²) in [6.45, 7) is 2.92. The Hall–Kier alpha value is -1.28. The average molecular weight is 253 g/mol. The molecule has 0 radical (unpaired) electrons. The molecule has 0 fully saturated rings. The Balaban J connectivity index is 2.42. The van der Waals surface area contributed by atoms with Crippen LogP contribution < -0.4 is 4.74 Å². The SMILES string of the molecule is CCCCCOc1ccc(C=CC(=O)Cl)cc1. The highest BCUT2D eigenvalue weighted by Gasteiger charge is 1.94. The molecule has 0 N–H and O–H groups in total. The lowest BCUT2D eigenvalue weighted by Gasteiger charge is -2.05. The number of allylic oxidation sites excluding steroid dienone is 1. The molecule has 0 spiro atoms. The molecule has 0 saturated carbocycles. The first-order chi connectivity index (χ1) is 8.22. The van der Waals surface area contributed by atoms with E-state index in [2.05, 4.69) is 6.92 Å². The summed E-state index contributed by atoms with van der Waals surface area (Å²) < 4.78 is 5.57. The van der Waals surface area contributed by atoms with Crippen molar-refractivity contribution in [2.24, 2.45) is 0 Å². The van der Waals surface area contributed by atoms with Gasteiger partial charge in [0.1, 0.15) is 5.75 Å². The molecule has 92 valence electrons. The summed E-state index contributed by atoms with van der Waals surface area (Å²) >= 11 is 5.21. The maximum absolute atomic E-state index is 10.5. The van der Waals surface area contributed by atoms with E-state index in [9.17, 15) is 4.79 Å². The van der Waals surface area contributed by atoms with Crippen LogP contribution in [0.3, 0.4) is 0 Å². The molecule has 2 nitrogen and oxygen atoms in total. The summed E-state index contributed by atoms with van der Waals surface area (Å²) in [5.41, 5.74) is 0.930. The molecule has 17 heavy (non-hydrogen) atoms. The number of unbranched alkanes of at least 4 members (excludes halogenated alkanes) is 2. The quantitative estimate of drug-likeness (QED) is 0.416. The van der Waals surface area contributed by atoms with E-state index in [1.165, 1.54) is 18.9 Å². The lowest BCUT2D eigenvalue weighted by molar-refractivity contribution is -0.107. The fourth-order valence-corrected chi connectivity index (χ4v) is 1.44. The molecule has 0 aliphatic rings. The second-order valence-electron chi connectivity index (χ2n) is 3.76. The van der Waals surface area contributed by atoms with Gasteiger partial charge in [0.25, 0.3) is 0 Å². The first-order valence-electron chi connectivity index (χ1n) is 5.83. The molecular formula is C14H17ClO2. The summed E-state index contributed by atoms with van der Waals surface area (Å²) in [4.78, 5) is 10.5. The molecule has 0 heterocycles. The number of ether oxygens (including phenoxy) is 1. The second-order valence-corrected chi connectivity index (χ2v) is 4.13. The topological polar surface area (TPSA) is 26.3 Å². The van der Waals surface area contributed by atoms with Crippen LogP contribution in [0.5, 0.6) is 5.75 Å². The van der Waals surface area contributed by atoms with Crippen LogP contribution in [-0.4, -0.2) is 11.8 Å². The van der Waals surface area contributed by atoms with E-state index in [1.54, 1.807) is 6.08 Å². The zero-order valence-corrected chi connectivity index (χ0v) is 10.7. The van der Waals surface area contributed by atoms with Crippen molar-refractivity contribution in [1.82, 2.24) is 0 Å². The predicted octanol–water partition coefficient (Wildman–Crippen LogP) is 4.03. The van der Waals surface area contributed by atoms with Gasteiger partial charge in [0.2, 0.25) is 5.24 Å². The van der Waals surface area contributed by atoms with E-state index >= 15 is 0 Å². The average Bonchev–Trinajstić information content (AvgIpc) is 2.33. The van der Waals surface area contributed by atoms with Crippen molar-refractivity contribution in [1.29, 1.82) is 0 Å². The maximum atomic E-state index is 10.5. The Morgan fingerprint density at radius 1 is 1.29 bits per heavy atom. The van der Waals surface area contributed by atoms with Crippen molar-refractivity contribution in [3.05, 3.63) is 35.9 Å². The second kappa shape index (κ2) is 7.91. The van der Waals surface area contributed by atoms with Crippen LogP contribution in [0, 0.1) is 0 Å². The zero-order chi connectivity index (χ0) is 12.5. The van der Waals surface area contributed by atoms with Gasteiger partial charge < -0.3 is 4.74 Å². The van der Waals surface area contributed by atoms with Gasteiger partial charge in [0, 0.05) is 0 Å². The van der Waals surface area contributed by atoms with Crippen molar-refractivity contribution in [2.75, 3.05) is 6.61 Å². The third-order valence-corrected chi connectivity index (χ3v) is 2.43. The minimum atomic E-state index is -0.468. The number of hydrogen-bond donors (Lipinski definition) is 0. The number of benzene rings is 1. The molecule has 0 unspecified atom stereocenters. The molecule has 1 rings (SSSR count). The van der Waals surface area contributed by atoms with E-state index < -0.39 is 5.24 Å². The van der Waals surface area contributed by atoms with Crippen molar-refractivity contribution < 1.29 is 9.53 Å². The third kappa shape index (κ3) is 6.12. The number of carbonyl (C=O) groups is 1. The molecule has 0 amide bonds. The number of carbonyl (C=O) groups excluding carboxylic acids is 1. The molecular weight excluding hydrogens is 236 g/mol. The standard InChI is InChI=1S/C14H17ClO2/c1-2-3-4-11-17-13-8-5-12(6-9-13)7-10-14(15)16/h5-10H,2-4,11H2,1H3. The Bertz CT molecular complexity index is 368. The van der Waals surface area contributed by atoms with Gasteiger partial charge in [-0.05, 0) is 41.8 Å². The Labute approximate surface area is 107 Å². The van der Waals surface area contributed by atoms with Crippen LogP contribution in [0.1, 0.15) is 31.7 Å². The monoisotopic (exact) mass is 252 g/mol. The highest BCUT2D eigenvalue weighted by atomic mass is 35.5. The van der Waals surface area contributed by atoms with Gasteiger partial charge in [-0.25, -0.2) is 0 Å². The van der Waals surface area contributed by atoms with Crippen molar-refractivity contribution in [3.63, 3.8) is 0 Å². The molecule has 1 aromatic carbocycles. The minimum Gasteiger partial charge on any atom is -0.494 e.